The van der Waals surface area contributed by atoms with Gasteiger partial charge in [-0.05, 0) is 50.8 Å². The Bertz CT molecular complexity index is 1000. The molecule has 1 heterocycles. The van der Waals surface area contributed by atoms with Crippen LogP contribution in [0.15, 0.2) is 42.5 Å². The van der Waals surface area contributed by atoms with Gasteiger partial charge in [0.1, 0.15) is 17.4 Å². The second-order valence-electron chi connectivity index (χ2n) is 7.88. The van der Waals surface area contributed by atoms with Crippen molar-refractivity contribution < 1.29 is 23.9 Å². The number of para-hydroxylation sites is 1. The molecule has 1 amide bonds. The van der Waals surface area contributed by atoms with Crippen LogP contribution in [0.3, 0.4) is 0 Å². The molecule has 2 aromatic carbocycles. The first kappa shape index (κ1) is 22.5. The lowest BCUT2D eigenvalue weighted by atomic mass is 9.84. The molecule has 7 nitrogen and oxygen atoms in total. The van der Waals surface area contributed by atoms with E-state index in [1.165, 1.54) is 12.0 Å². The number of amides is 1. The number of hydrogen-bond donors (Lipinski definition) is 0. The van der Waals surface area contributed by atoms with Gasteiger partial charge >= 0.3 is 0 Å². The molecule has 1 fully saturated rings. The molecule has 0 saturated carbocycles. The highest BCUT2D eigenvalue weighted by Gasteiger charge is 2.52. The summed E-state index contributed by atoms with van der Waals surface area (Å²) in [6, 6.07) is 11.6. The van der Waals surface area contributed by atoms with Crippen LogP contribution in [0.4, 0.5) is 0 Å². The van der Waals surface area contributed by atoms with Gasteiger partial charge in [0, 0.05) is 24.2 Å². The molecule has 1 aliphatic heterocycles. The monoisotopic (exact) mass is 424 g/mol. The zero-order valence-electron chi connectivity index (χ0n) is 18.5. The number of Topliss-reactive ketones (excluding diaryl/α,β-unsaturated/α-hetero) is 2. The largest absolute Gasteiger partial charge is 0.497 e. The van der Waals surface area contributed by atoms with Gasteiger partial charge in [0.05, 0.1) is 20.3 Å². The van der Waals surface area contributed by atoms with Gasteiger partial charge in [-0.2, -0.15) is 0 Å². The minimum absolute atomic E-state index is 0.325. The molecule has 2 unspecified atom stereocenters. The summed E-state index contributed by atoms with van der Waals surface area (Å²) in [5.41, 5.74) is 1.74. The molecule has 164 valence electrons. The third-order valence-corrected chi connectivity index (χ3v) is 5.63. The fourth-order valence-corrected chi connectivity index (χ4v) is 4.00. The number of methoxy groups -OCH3 is 2. The summed E-state index contributed by atoms with van der Waals surface area (Å²) < 4.78 is 10.7. The van der Waals surface area contributed by atoms with Gasteiger partial charge < -0.3 is 19.3 Å². The molecule has 0 N–H and O–H groups in total. The molecule has 0 aliphatic carbocycles. The van der Waals surface area contributed by atoms with Crippen LogP contribution in [0.5, 0.6) is 11.5 Å². The first-order chi connectivity index (χ1) is 14.8. The van der Waals surface area contributed by atoms with Gasteiger partial charge in [-0.3, -0.25) is 14.4 Å². The molecule has 0 radical (unpaired) electrons. The van der Waals surface area contributed by atoms with Crippen LogP contribution in [-0.4, -0.2) is 68.7 Å². The van der Waals surface area contributed by atoms with Crippen LogP contribution in [0, 0.1) is 12.8 Å². The summed E-state index contributed by atoms with van der Waals surface area (Å²) in [7, 11) is 6.87. The molecule has 2 atom stereocenters. The van der Waals surface area contributed by atoms with Crippen molar-refractivity contribution in [2.24, 2.45) is 5.92 Å². The summed E-state index contributed by atoms with van der Waals surface area (Å²) in [5.74, 6) is -1.68. The Kier molecular flexibility index (Phi) is 6.75. The van der Waals surface area contributed by atoms with E-state index in [1.54, 1.807) is 44.4 Å². The van der Waals surface area contributed by atoms with Crippen LogP contribution < -0.4 is 9.47 Å². The molecule has 1 aliphatic rings. The number of likely N-dealkylation sites (tertiary alicyclic amines) is 1. The Balaban J connectivity index is 2.10. The number of ether oxygens (including phenoxy) is 2. The number of carbonyl (C=O) groups excluding carboxylic acids is 3. The quantitative estimate of drug-likeness (QED) is 0.368. The van der Waals surface area contributed by atoms with Gasteiger partial charge in [-0.1, -0.05) is 18.2 Å². The Morgan fingerprint density at radius 3 is 2.39 bits per heavy atom. The number of carbonyl (C=O) groups is 3. The van der Waals surface area contributed by atoms with E-state index in [1.807, 2.05) is 31.1 Å². The molecule has 31 heavy (non-hydrogen) atoms. The van der Waals surface area contributed by atoms with Crippen molar-refractivity contribution in [1.82, 2.24) is 9.80 Å². The second-order valence-corrected chi connectivity index (χ2v) is 7.88. The number of aryl methyl sites for hydroxylation is 1. The van der Waals surface area contributed by atoms with Crippen molar-refractivity contribution in [2.45, 2.75) is 13.0 Å². The van der Waals surface area contributed by atoms with Gasteiger partial charge in [0.2, 0.25) is 5.78 Å². The predicted molar refractivity (Wildman–Crippen MR) is 117 cm³/mol. The summed E-state index contributed by atoms with van der Waals surface area (Å²) in [5, 5.41) is 0. The average Bonchev–Trinajstić information content (AvgIpc) is 3.01. The van der Waals surface area contributed by atoms with Crippen molar-refractivity contribution in [3.63, 3.8) is 0 Å². The fourth-order valence-electron chi connectivity index (χ4n) is 4.00. The van der Waals surface area contributed by atoms with Crippen LogP contribution in [0.1, 0.15) is 27.5 Å². The molecule has 0 bridgehead atoms. The van der Waals surface area contributed by atoms with E-state index in [4.69, 9.17) is 9.47 Å². The lowest BCUT2D eigenvalue weighted by Crippen LogP contribution is -2.36. The van der Waals surface area contributed by atoms with Crippen molar-refractivity contribution in [3.8, 4) is 11.5 Å². The van der Waals surface area contributed by atoms with Crippen molar-refractivity contribution >= 4 is 17.5 Å². The molecule has 0 spiro atoms. The summed E-state index contributed by atoms with van der Waals surface area (Å²) in [4.78, 5) is 43.1. The van der Waals surface area contributed by atoms with E-state index >= 15 is 0 Å². The number of rotatable bonds is 8. The van der Waals surface area contributed by atoms with Gasteiger partial charge in [0.25, 0.3) is 5.91 Å². The summed E-state index contributed by atoms with van der Waals surface area (Å²) in [6.07, 6.45) is 0. The lowest BCUT2D eigenvalue weighted by molar-refractivity contribution is -0.140. The molecule has 3 rings (SSSR count). The van der Waals surface area contributed by atoms with E-state index in [0.717, 1.165) is 0 Å². The van der Waals surface area contributed by atoms with E-state index in [9.17, 15) is 14.4 Å². The molecular formula is C24H28N2O5. The maximum absolute atomic E-state index is 13.6. The third-order valence-electron chi connectivity index (χ3n) is 5.63. The Morgan fingerprint density at radius 2 is 1.77 bits per heavy atom. The number of hydrogen-bond acceptors (Lipinski definition) is 6. The highest BCUT2D eigenvalue weighted by Crippen LogP contribution is 2.42. The smallest absolute Gasteiger partial charge is 0.291 e. The van der Waals surface area contributed by atoms with Crippen LogP contribution in [0.25, 0.3) is 0 Å². The lowest BCUT2D eigenvalue weighted by Gasteiger charge is -2.29. The molecule has 7 heteroatoms. The fraction of sp³-hybridized carbons (Fsp3) is 0.375. The highest BCUT2D eigenvalue weighted by atomic mass is 16.5. The summed E-state index contributed by atoms with van der Waals surface area (Å²) >= 11 is 0. The van der Waals surface area contributed by atoms with Crippen LogP contribution in [-0.2, 0) is 9.59 Å². The minimum atomic E-state index is -1.14. The second kappa shape index (κ2) is 9.31. The molecule has 2 aromatic rings. The van der Waals surface area contributed by atoms with Crippen molar-refractivity contribution in [1.29, 1.82) is 0 Å². The molecule has 1 saturated heterocycles. The first-order valence-corrected chi connectivity index (χ1v) is 10.1. The van der Waals surface area contributed by atoms with E-state index in [0.29, 0.717) is 41.3 Å². The van der Waals surface area contributed by atoms with Gasteiger partial charge in [0.15, 0.2) is 5.78 Å². The van der Waals surface area contributed by atoms with Crippen molar-refractivity contribution in [3.05, 3.63) is 59.2 Å². The standard InChI is InChI=1S/C24H28N2O5/c1-15-14-16(30-4)10-11-17(15)22(27)20-21(18-8-6-7-9-19(18)31-5)26(13-12-25(2)3)24(29)23(20)28/h6-11,14,20-21H,12-13H2,1-5H3. The van der Waals surface area contributed by atoms with Gasteiger partial charge in [-0.15, -0.1) is 0 Å². The SMILES string of the molecule is COc1ccc(C(=O)C2C(=O)C(=O)N(CCN(C)C)C2c2ccccc2OC)c(C)c1. The van der Waals surface area contributed by atoms with Crippen molar-refractivity contribution in [2.75, 3.05) is 41.4 Å². The molecular weight excluding hydrogens is 396 g/mol. The topological polar surface area (TPSA) is 76.2 Å². The summed E-state index contributed by atoms with van der Waals surface area (Å²) in [6.45, 7) is 2.68. The van der Waals surface area contributed by atoms with Crippen LogP contribution in [0.2, 0.25) is 0 Å². The predicted octanol–water partition coefficient (Wildman–Crippen LogP) is 2.53. The normalized spacial score (nSPS) is 18.6. The number of ketones is 2. The Labute approximate surface area is 182 Å². The van der Waals surface area contributed by atoms with E-state index in [2.05, 4.69) is 0 Å². The third kappa shape index (κ3) is 4.32. The zero-order valence-corrected chi connectivity index (χ0v) is 18.5. The Morgan fingerprint density at radius 1 is 1.06 bits per heavy atom. The number of likely N-dealkylation sites (N-methyl/N-ethyl adjacent to an activating group) is 1. The van der Waals surface area contributed by atoms with E-state index < -0.39 is 23.7 Å². The minimum Gasteiger partial charge on any atom is -0.497 e. The maximum Gasteiger partial charge on any atom is 0.291 e. The maximum atomic E-state index is 13.6. The Hall–Kier alpha value is -3.19. The number of benzene rings is 2. The zero-order chi connectivity index (χ0) is 22.7. The van der Waals surface area contributed by atoms with E-state index in [-0.39, 0.29) is 5.78 Å². The number of nitrogens with zero attached hydrogens (tertiary/aromatic N) is 2. The van der Waals surface area contributed by atoms with Crippen LogP contribution >= 0.6 is 0 Å². The van der Waals surface area contributed by atoms with Gasteiger partial charge in [-0.25, -0.2) is 0 Å². The molecule has 0 aromatic heterocycles. The first-order valence-electron chi connectivity index (χ1n) is 10.1. The highest BCUT2D eigenvalue weighted by molar-refractivity contribution is 6.44. The average molecular weight is 424 g/mol.